The molecule has 4 heteroatoms. The summed E-state index contributed by atoms with van der Waals surface area (Å²) < 4.78 is 5.27. The number of nitrogens with zero attached hydrogens (tertiary/aromatic N) is 1. The predicted molar refractivity (Wildman–Crippen MR) is 75.4 cm³/mol. The molecule has 0 aromatic heterocycles. The molecule has 1 unspecified atom stereocenters. The predicted octanol–water partition coefficient (Wildman–Crippen LogP) is 1.81. The number of hydrogen-bond donors (Lipinski definition) is 1. The SMILES string of the molecule is COc1cc(C(=O)N2CCC(CCN)C2)ccc1C. The molecule has 0 aliphatic carbocycles. The third-order valence-electron chi connectivity index (χ3n) is 3.80. The minimum atomic E-state index is 0.0952. The number of ether oxygens (including phenoxy) is 1. The number of aryl methyl sites for hydroxylation is 1. The van der Waals surface area contributed by atoms with Crippen LogP contribution in [0.1, 0.15) is 28.8 Å². The van der Waals surface area contributed by atoms with Crippen molar-refractivity contribution < 1.29 is 9.53 Å². The number of carbonyl (C=O) groups excluding carboxylic acids is 1. The molecule has 0 saturated carbocycles. The summed E-state index contributed by atoms with van der Waals surface area (Å²) in [7, 11) is 1.63. The third kappa shape index (κ3) is 3.07. The molecule has 0 radical (unpaired) electrons. The Hall–Kier alpha value is -1.55. The van der Waals surface area contributed by atoms with Crippen LogP contribution in [0.3, 0.4) is 0 Å². The zero-order chi connectivity index (χ0) is 13.8. The van der Waals surface area contributed by atoms with Crippen molar-refractivity contribution in [2.24, 2.45) is 11.7 Å². The highest BCUT2D eigenvalue weighted by Crippen LogP contribution is 2.24. The van der Waals surface area contributed by atoms with E-state index >= 15 is 0 Å². The van der Waals surface area contributed by atoms with Gasteiger partial charge in [0.1, 0.15) is 5.75 Å². The van der Waals surface area contributed by atoms with Crippen molar-refractivity contribution in [1.29, 1.82) is 0 Å². The fourth-order valence-electron chi connectivity index (χ4n) is 2.62. The Balaban J connectivity index is 2.08. The molecule has 1 saturated heterocycles. The van der Waals surface area contributed by atoms with Crippen molar-refractivity contribution in [3.8, 4) is 5.75 Å². The van der Waals surface area contributed by atoms with E-state index in [0.29, 0.717) is 18.0 Å². The van der Waals surface area contributed by atoms with Gasteiger partial charge in [-0.15, -0.1) is 0 Å². The van der Waals surface area contributed by atoms with Crippen LogP contribution < -0.4 is 10.5 Å². The summed E-state index contributed by atoms with van der Waals surface area (Å²) in [5, 5.41) is 0. The lowest BCUT2D eigenvalue weighted by Gasteiger charge is -2.17. The van der Waals surface area contributed by atoms with Gasteiger partial charge in [0.2, 0.25) is 0 Å². The largest absolute Gasteiger partial charge is 0.496 e. The Bertz CT molecular complexity index is 459. The highest BCUT2D eigenvalue weighted by molar-refractivity contribution is 5.95. The number of rotatable bonds is 4. The molecule has 1 fully saturated rings. The van der Waals surface area contributed by atoms with Gasteiger partial charge in [-0.25, -0.2) is 0 Å². The fraction of sp³-hybridized carbons (Fsp3) is 0.533. The first-order chi connectivity index (χ1) is 9.15. The lowest BCUT2D eigenvalue weighted by molar-refractivity contribution is 0.0786. The topological polar surface area (TPSA) is 55.6 Å². The highest BCUT2D eigenvalue weighted by atomic mass is 16.5. The minimum Gasteiger partial charge on any atom is -0.496 e. The maximum atomic E-state index is 12.4. The average molecular weight is 262 g/mol. The summed E-state index contributed by atoms with van der Waals surface area (Å²) in [6, 6.07) is 5.63. The molecule has 1 aromatic rings. The zero-order valence-corrected chi connectivity index (χ0v) is 11.7. The normalized spacial score (nSPS) is 18.7. The van der Waals surface area contributed by atoms with Crippen LogP contribution in [0.15, 0.2) is 18.2 Å². The number of carbonyl (C=O) groups is 1. The smallest absolute Gasteiger partial charge is 0.253 e. The molecular formula is C15H22N2O2. The molecule has 2 N–H and O–H groups in total. The standard InChI is InChI=1S/C15H22N2O2/c1-11-3-4-13(9-14(11)19-2)15(18)17-8-6-12(10-17)5-7-16/h3-4,9,12H,5-8,10,16H2,1-2H3. The van der Waals surface area contributed by atoms with Gasteiger partial charge in [0.05, 0.1) is 7.11 Å². The molecule has 1 aromatic carbocycles. The Morgan fingerprint density at radius 2 is 2.32 bits per heavy atom. The van der Waals surface area contributed by atoms with Gasteiger partial charge >= 0.3 is 0 Å². The summed E-state index contributed by atoms with van der Waals surface area (Å²) in [6.45, 7) is 4.33. The lowest BCUT2D eigenvalue weighted by Crippen LogP contribution is -2.29. The van der Waals surface area contributed by atoms with Crippen LogP contribution >= 0.6 is 0 Å². The molecule has 2 rings (SSSR count). The number of benzene rings is 1. The minimum absolute atomic E-state index is 0.0952. The fourth-order valence-corrected chi connectivity index (χ4v) is 2.62. The molecule has 4 nitrogen and oxygen atoms in total. The number of nitrogens with two attached hydrogens (primary N) is 1. The van der Waals surface area contributed by atoms with E-state index in [1.54, 1.807) is 7.11 Å². The van der Waals surface area contributed by atoms with E-state index in [4.69, 9.17) is 10.5 Å². The maximum absolute atomic E-state index is 12.4. The molecule has 0 bridgehead atoms. The Morgan fingerprint density at radius 3 is 3.00 bits per heavy atom. The second kappa shape index (κ2) is 6.06. The number of likely N-dealkylation sites (tertiary alicyclic amines) is 1. The summed E-state index contributed by atoms with van der Waals surface area (Å²) in [5.74, 6) is 1.42. The van der Waals surface area contributed by atoms with Crippen LogP contribution in [0, 0.1) is 12.8 Å². The number of hydrogen-bond acceptors (Lipinski definition) is 3. The monoisotopic (exact) mass is 262 g/mol. The summed E-state index contributed by atoms with van der Waals surface area (Å²) in [4.78, 5) is 14.3. The van der Waals surface area contributed by atoms with Crippen molar-refractivity contribution >= 4 is 5.91 Å². The van der Waals surface area contributed by atoms with Crippen LogP contribution in [0.25, 0.3) is 0 Å². The molecule has 1 atom stereocenters. The van der Waals surface area contributed by atoms with Crippen LogP contribution in [-0.4, -0.2) is 37.6 Å². The second-order valence-corrected chi connectivity index (χ2v) is 5.17. The highest BCUT2D eigenvalue weighted by Gasteiger charge is 2.26. The van der Waals surface area contributed by atoms with Gasteiger partial charge in [0.15, 0.2) is 0 Å². The summed E-state index contributed by atoms with van der Waals surface area (Å²) in [6.07, 6.45) is 2.06. The summed E-state index contributed by atoms with van der Waals surface area (Å²) in [5.41, 5.74) is 7.32. The van der Waals surface area contributed by atoms with Crippen LogP contribution in [0.4, 0.5) is 0 Å². The van der Waals surface area contributed by atoms with E-state index in [9.17, 15) is 4.79 Å². The first kappa shape index (κ1) is 13.9. The lowest BCUT2D eigenvalue weighted by atomic mass is 10.1. The molecule has 1 heterocycles. The van der Waals surface area contributed by atoms with Gasteiger partial charge in [-0.3, -0.25) is 4.79 Å². The van der Waals surface area contributed by atoms with Crippen molar-refractivity contribution in [2.75, 3.05) is 26.7 Å². The van der Waals surface area contributed by atoms with Gasteiger partial charge in [0, 0.05) is 18.7 Å². The first-order valence-corrected chi connectivity index (χ1v) is 6.79. The molecule has 104 valence electrons. The van der Waals surface area contributed by atoms with Gasteiger partial charge in [0.25, 0.3) is 5.91 Å². The van der Waals surface area contributed by atoms with E-state index < -0.39 is 0 Å². The number of amides is 1. The van der Waals surface area contributed by atoms with Gasteiger partial charge in [-0.2, -0.15) is 0 Å². The molecule has 1 amide bonds. The quantitative estimate of drug-likeness (QED) is 0.900. The van der Waals surface area contributed by atoms with Crippen molar-refractivity contribution in [3.63, 3.8) is 0 Å². The van der Waals surface area contributed by atoms with Crippen molar-refractivity contribution in [1.82, 2.24) is 4.90 Å². The molecule has 0 spiro atoms. The molecule has 1 aliphatic heterocycles. The molecular weight excluding hydrogens is 240 g/mol. The Morgan fingerprint density at radius 1 is 1.53 bits per heavy atom. The maximum Gasteiger partial charge on any atom is 0.253 e. The molecule has 1 aliphatic rings. The third-order valence-corrected chi connectivity index (χ3v) is 3.80. The van der Waals surface area contributed by atoms with Crippen molar-refractivity contribution in [3.05, 3.63) is 29.3 Å². The van der Waals surface area contributed by atoms with Crippen LogP contribution in [0.5, 0.6) is 5.75 Å². The van der Waals surface area contributed by atoms with Gasteiger partial charge in [-0.05, 0) is 49.9 Å². The zero-order valence-electron chi connectivity index (χ0n) is 11.7. The Labute approximate surface area is 114 Å². The number of methoxy groups -OCH3 is 1. The van der Waals surface area contributed by atoms with Crippen molar-refractivity contribution in [2.45, 2.75) is 19.8 Å². The van der Waals surface area contributed by atoms with E-state index in [-0.39, 0.29) is 5.91 Å². The first-order valence-electron chi connectivity index (χ1n) is 6.79. The van der Waals surface area contributed by atoms with Crippen LogP contribution in [0.2, 0.25) is 0 Å². The Kier molecular flexibility index (Phi) is 4.43. The van der Waals surface area contributed by atoms with E-state index in [1.165, 1.54) is 0 Å². The van der Waals surface area contributed by atoms with E-state index in [2.05, 4.69) is 0 Å². The summed E-state index contributed by atoms with van der Waals surface area (Å²) >= 11 is 0. The van der Waals surface area contributed by atoms with E-state index in [1.807, 2.05) is 30.0 Å². The van der Waals surface area contributed by atoms with Gasteiger partial charge in [-0.1, -0.05) is 6.07 Å². The average Bonchev–Trinajstić information content (AvgIpc) is 2.87. The van der Waals surface area contributed by atoms with E-state index in [0.717, 1.165) is 37.2 Å². The van der Waals surface area contributed by atoms with Gasteiger partial charge < -0.3 is 15.4 Å². The second-order valence-electron chi connectivity index (χ2n) is 5.17. The van der Waals surface area contributed by atoms with Crippen LogP contribution in [-0.2, 0) is 0 Å². The molecule has 19 heavy (non-hydrogen) atoms.